The third-order valence-corrected chi connectivity index (χ3v) is 6.15. The predicted octanol–water partition coefficient (Wildman–Crippen LogP) is 5.32. The Labute approximate surface area is 176 Å². The topological polar surface area (TPSA) is 35.2 Å². The number of hydrogen-bond acceptors (Lipinski definition) is 3. The molecule has 4 rings (SSSR count). The van der Waals surface area contributed by atoms with E-state index < -0.39 is 0 Å². The number of H-pyrrole nitrogens is 1. The molecular weight excluding hydrogens is 391 g/mol. The zero-order chi connectivity index (χ0) is 19.7. The van der Waals surface area contributed by atoms with E-state index in [-0.39, 0.29) is 0 Å². The molecular formula is C22H24Cl2N4. The number of nitrogens with zero attached hydrogens (tertiary/aromatic N) is 3. The van der Waals surface area contributed by atoms with Gasteiger partial charge in [-0.2, -0.15) is 5.10 Å². The Balaban J connectivity index is 1.45. The fourth-order valence-electron chi connectivity index (χ4n) is 3.82. The molecule has 1 fully saturated rings. The van der Waals surface area contributed by atoms with Gasteiger partial charge in [-0.3, -0.25) is 10.00 Å². The number of aromatic nitrogens is 2. The van der Waals surface area contributed by atoms with Gasteiger partial charge >= 0.3 is 0 Å². The van der Waals surface area contributed by atoms with Crippen molar-refractivity contribution in [3.05, 3.63) is 69.3 Å². The summed E-state index contributed by atoms with van der Waals surface area (Å²) in [6.07, 6.45) is 1.90. The maximum absolute atomic E-state index is 6.40. The van der Waals surface area contributed by atoms with Gasteiger partial charge < -0.3 is 4.90 Å². The SMILES string of the molecule is Cc1cccc(N2CCN(Cc3cn[nH]c3-c3ccc(Cl)cc3Cl)CC2)c1C. The van der Waals surface area contributed by atoms with Gasteiger partial charge in [0, 0.05) is 54.6 Å². The lowest BCUT2D eigenvalue weighted by Crippen LogP contribution is -2.46. The number of nitrogens with one attached hydrogen (secondary N) is 1. The number of piperazine rings is 1. The van der Waals surface area contributed by atoms with Crippen molar-refractivity contribution in [3.63, 3.8) is 0 Å². The Morgan fingerprint density at radius 3 is 2.57 bits per heavy atom. The van der Waals surface area contributed by atoms with Crippen molar-refractivity contribution < 1.29 is 0 Å². The number of aryl methyl sites for hydroxylation is 1. The summed E-state index contributed by atoms with van der Waals surface area (Å²) in [6.45, 7) is 9.34. The number of aromatic amines is 1. The minimum absolute atomic E-state index is 0.636. The summed E-state index contributed by atoms with van der Waals surface area (Å²) >= 11 is 12.4. The zero-order valence-electron chi connectivity index (χ0n) is 16.2. The third kappa shape index (κ3) is 3.90. The molecule has 0 spiro atoms. The fourth-order valence-corrected chi connectivity index (χ4v) is 4.33. The van der Waals surface area contributed by atoms with Crippen LogP contribution in [0.1, 0.15) is 16.7 Å². The Morgan fingerprint density at radius 1 is 1.04 bits per heavy atom. The number of hydrogen-bond donors (Lipinski definition) is 1. The molecule has 0 atom stereocenters. The quantitative estimate of drug-likeness (QED) is 0.626. The second kappa shape index (κ2) is 8.16. The van der Waals surface area contributed by atoms with E-state index in [1.54, 1.807) is 6.07 Å². The number of halogens is 2. The molecule has 0 aliphatic carbocycles. The van der Waals surface area contributed by atoms with Gasteiger partial charge in [0.25, 0.3) is 0 Å². The van der Waals surface area contributed by atoms with Gasteiger partial charge in [0.2, 0.25) is 0 Å². The van der Waals surface area contributed by atoms with Crippen LogP contribution in [0.3, 0.4) is 0 Å². The molecule has 0 unspecified atom stereocenters. The van der Waals surface area contributed by atoms with E-state index >= 15 is 0 Å². The Morgan fingerprint density at radius 2 is 1.82 bits per heavy atom. The van der Waals surface area contributed by atoms with E-state index in [0.29, 0.717) is 10.0 Å². The highest BCUT2D eigenvalue weighted by Gasteiger charge is 2.21. The lowest BCUT2D eigenvalue weighted by molar-refractivity contribution is 0.250. The normalized spacial score (nSPS) is 15.2. The first-order valence-corrected chi connectivity index (χ1v) is 10.3. The molecule has 0 bridgehead atoms. The van der Waals surface area contributed by atoms with Crippen molar-refractivity contribution in [2.75, 3.05) is 31.1 Å². The lowest BCUT2D eigenvalue weighted by atomic mass is 10.1. The first-order valence-electron chi connectivity index (χ1n) is 9.54. The lowest BCUT2D eigenvalue weighted by Gasteiger charge is -2.37. The van der Waals surface area contributed by atoms with Crippen molar-refractivity contribution in [1.82, 2.24) is 15.1 Å². The van der Waals surface area contributed by atoms with Gasteiger partial charge in [0.1, 0.15) is 0 Å². The van der Waals surface area contributed by atoms with E-state index in [1.807, 2.05) is 18.3 Å². The molecule has 0 radical (unpaired) electrons. The maximum Gasteiger partial charge on any atom is 0.0710 e. The number of rotatable bonds is 4. The molecule has 4 nitrogen and oxygen atoms in total. The largest absolute Gasteiger partial charge is 0.369 e. The van der Waals surface area contributed by atoms with Crippen LogP contribution in [0.2, 0.25) is 10.0 Å². The van der Waals surface area contributed by atoms with E-state index in [4.69, 9.17) is 23.2 Å². The van der Waals surface area contributed by atoms with Crippen LogP contribution in [-0.4, -0.2) is 41.3 Å². The summed E-state index contributed by atoms with van der Waals surface area (Å²) in [6, 6.07) is 12.1. The van der Waals surface area contributed by atoms with Crippen molar-refractivity contribution >= 4 is 28.9 Å². The number of benzene rings is 2. The molecule has 1 aromatic heterocycles. The van der Waals surface area contributed by atoms with Gasteiger partial charge in [0.05, 0.1) is 16.9 Å². The highest BCUT2D eigenvalue weighted by atomic mass is 35.5. The highest BCUT2D eigenvalue weighted by Crippen LogP contribution is 2.32. The average molecular weight is 415 g/mol. The molecule has 28 heavy (non-hydrogen) atoms. The summed E-state index contributed by atoms with van der Waals surface area (Å²) in [5, 5.41) is 8.64. The standard InChI is InChI=1S/C22H24Cl2N4/c1-15-4-3-5-21(16(15)2)28-10-8-27(9-11-28)14-17-13-25-26-22(17)19-7-6-18(23)12-20(19)24/h3-7,12-13H,8-11,14H2,1-2H3,(H,25,26). The van der Waals surface area contributed by atoms with Crippen LogP contribution in [0.25, 0.3) is 11.3 Å². The summed E-state index contributed by atoms with van der Waals surface area (Å²) in [7, 11) is 0. The second-order valence-electron chi connectivity index (χ2n) is 7.38. The Hall–Kier alpha value is -2.01. The first kappa shape index (κ1) is 19.3. The molecule has 1 aliphatic heterocycles. The monoisotopic (exact) mass is 414 g/mol. The van der Waals surface area contributed by atoms with Gasteiger partial charge in [-0.15, -0.1) is 0 Å². The van der Waals surface area contributed by atoms with Crippen LogP contribution in [0.5, 0.6) is 0 Å². The molecule has 2 heterocycles. The van der Waals surface area contributed by atoms with Crippen molar-refractivity contribution in [1.29, 1.82) is 0 Å². The molecule has 6 heteroatoms. The first-order chi connectivity index (χ1) is 13.5. The third-order valence-electron chi connectivity index (χ3n) is 5.60. The maximum atomic E-state index is 6.40. The van der Waals surface area contributed by atoms with Crippen LogP contribution < -0.4 is 4.90 Å². The van der Waals surface area contributed by atoms with E-state index in [0.717, 1.165) is 49.5 Å². The molecule has 0 amide bonds. The number of anilines is 1. The smallest absolute Gasteiger partial charge is 0.0710 e. The Kier molecular flexibility index (Phi) is 5.63. The van der Waals surface area contributed by atoms with E-state index in [1.165, 1.54) is 16.8 Å². The molecule has 146 valence electrons. The van der Waals surface area contributed by atoms with Crippen molar-refractivity contribution in [2.45, 2.75) is 20.4 Å². The average Bonchev–Trinajstić information content (AvgIpc) is 3.13. The molecule has 2 aromatic carbocycles. The molecule has 3 aromatic rings. The van der Waals surface area contributed by atoms with Crippen LogP contribution in [0.4, 0.5) is 5.69 Å². The molecule has 1 N–H and O–H groups in total. The second-order valence-corrected chi connectivity index (χ2v) is 8.22. The zero-order valence-corrected chi connectivity index (χ0v) is 17.7. The summed E-state index contributed by atoms with van der Waals surface area (Å²) in [5.41, 5.74) is 7.15. The van der Waals surface area contributed by atoms with Crippen LogP contribution in [0, 0.1) is 13.8 Å². The summed E-state index contributed by atoms with van der Waals surface area (Å²) in [4.78, 5) is 4.96. The fraction of sp³-hybridized carbons (Fsp3) is 0.318. The van der Waals surface area contributed by atoms with Crippen LogP contribution in [0.15, 0.2) is 42.6 Å². The van der Waals surface area contributed by atoms with E-state index in [2.05, 4.69) is 52.0 Å². The minimum atomic E-state index is 0.636. The van der Waals surface area contributed by atoms with Gasteiger partial charge in [-0.1, -0.05) is 35.3 Å². The molecule has 1 aliphatic rings. The van der Waals surface area contributed by atoms with Gasteiger partial charge in [-0.05, 0) is 49.2 Å². The minimum Gasteiger partial charge on any atom is -0.369 e. The predicted molar refractivity (Wildman–Crippen MR) is 117 cm³/mol. The van der Waals surface area contributed by atoms with Crippen molar-refractivity contribution in [2.24, 2.45) is 0 Å². The van der Waals surface area contributed by atoms with Crippen molar-refractivity contribution in [3.8, 4) is 11.3 Å². The van der Waals surface area contributed by atoms with Crippen LogP contribution in [-0.2, 0) is 6.54 Å². The summed E-state index contributed by atoms with van der Waals surface area (Å²) in [5.74, 6) is 0. The van der Waals surface area contributed by atoms with Gasteiger partial charge in [-0.25, -0.2) is 0 Å². The van der Waals surface area contributed by atoms with Gasteiger partial charge in [0.15, 0.2) is 0 Å². The van der Waals surface area contributed by atoms with E-state index in [9.17, 15) is 0 Å². The summed E-state index contributed by atoms with van der Waals surface area (Å²) < 4.78 is 0. The molecule has 0 saturated carbocycles. The molecule has 1 saturated heterocycles. The Bertz CT molecular complexity index is 974. The highest BCUT2D eigenvalue weighted by molar-refractivity contribution is 6.36. The van der Waals surface area contributed by atoms with Crippen LogP contribution >= 0.6 is 23.2 Å².